The molecule has 0 aliphatic heterocycles. The van der Waals surface area contributed by atoms with E-state index < -0.39 is 5.91 Å². The van der Waals surface area contributed by atoms with Gasteiger partial charge in [0, 0.05) is 5.69 Å². The first-order valence-electron chi connectivity index (χ1n) is 9.01. The molecule has 0 fully saturated rings. The minimum absolute atomic E-state index is 0.0134. The molecule has 0 bridgehead atoms. The summed E-state index contributed by atoms with van der Waals surface area (Å²) in [6.07, 6.45) is 1.50. The van der Waals surface area contributed by atoms with Crippen LogP contribution in [0, 0.1) is 18.3 Å². The van der Waals surface area contributed by atoms with Crippen LogP contribution in [0.3, 0.4) is 0 Å². The third kappa shape index (κ3) is 5.71. The summed E-state index contributed by atoms with van der Waals surface area (Å²) in [5.41, 5.74) is 3.31. The van der Waals surface area contributed by atoms with Crippen LogP contribution in [0.15, 0.2) is 78.4 Å². The predicted molar refractivity (Wildman–Crippen MR) is 116 cm³/mol. The van der Waals surface area contributed by atoms with E-state index >= 15 is 0 Å². The highest BCUT2D eigenvalue weighted by Crippen LogP contribution is 2.27. The van der Waals surface area contributed by atoms with Gasteiger partial charge >= 0.3 is 0 Å². The third-order valence-electron chi connectivity index (χ3n) is 4.15. The Hall–Kier alpha value is -3.55. The molecule has 29 heavy (non-hydrogen) atoms. The lowest BCUT2D eigenvalue weighted by Gasteiger charge is -2.09. The van der Waals surface area contributed by atoms with Crippen molar-refractivity contribution in [2.45, 2.75) is 13.5 Å². The minimum Gasteiger partial charge on any atom is -0.487 e. The molecule has 0 atom stereocenters. The van der Waals surface area contributed by atoms with Crippen LogP contribution in [0.4, 0.5) is 5.69 Å². The smallest absolute Gasteiger partial charge is 0.266 e. The zero-order chi connectivity index (χ0) is 20.6. The fraction of sp³-hybridized carbons (Fsp3) is 0.0833. The number of carbonyl (C=O) groups is 1. The molecule has 144 valence electrons. The van der Waals surface area contributed by atoms with Crippen molar-refractivity contribution in [1.29, 1.82) is 5.26 Å². The maximum Gasteiger partial charge on any atom is 0.266 e. The molecule has 0 heterocycles. The molecule has 0 saturated heterocycles. The summed E-state index contributed by atoms with van der Waals surface area (Å²) in [4.78, 5) is 12.4. The predicted octanol–water partition coefficient (Wildman–Crippen LogP) is 5.77. The summed E-state index contributed by atoms with van der Waals surface area (Å²) in [7, 11) is 0. The molecule has 1 N–H and O–H groups in total. The van der Waals surface area contributed by atoms with E-state index in [4.69, 9.17) is 16.3 Å². The highest BCUT2D eigenvalue weighted by molar-refractivity contribution is 6.32. The minimum atomic E-state index is -0.473. The maximum atomic E-state index is 12.4. The lowest BCUT2D eigenvalue weighted by atomic mass is 10.1. The average Bonchev–Trinajstić information content (AvgIpc) is 2.72. The number of nitrogens with one attached hydrogen (secondary N) is 1. The van der Waals surface area contributed by atoms with Crippen molar-refractivity contribution in [3.05, 3.63) is 100 Å². The number of anilines is 1. The number of amides is 1. The van der Waals surface area contributed by atoms with E-state index in [-0.39, 0.29) is 5.57 Å². The Morgan fingerprint density at radius 2 is 1.90 bits per heavy atom. The number of ether oxygens (including phenoxy) is 1. The zero-order valence-corrected chi connectivity index (χ0v) is 16.6. The first-order valence-corrected chi connectivity index (χ1v) is 9.39. The molecule has 0 aromatic heterocycles. The van der Waals surface area contributed by atoms with Crippen molar-refractivity contribution in [2.75, 3.05) is 5.32 Å². The highest BCUT2D eigenvalue weighted by atomic mass is 35.5. The van der Waals surface area contributed by atoms with Gasteiger partial charge in [0.2, 0.25) is 0 Å². The van der Waals surface area contributed by atoms with E-state index in [1.807, 2.05) is 61.5 Å². The van der Waals surface area contributed by atoms with Crippen LogP contribution >= 0.6 is 11.6 Å². The van der Waals surface area contributed by atoms with Crippen LogP contribution in [0.5, 0.6) is 5.75 Å². The lowest BCUT2D eigenvalue weighted by molar-refractivity contribution is -0.112. The molecule has 3 aromatic carbocycles. The number of halogens is 1. The van der Waals surface area contributed by atoms with Crippen LogP contribution in [-0.2, 0) is 11.4 Å². The second-order valence-electron chi connectivity index (χ2n) is 6.46. The molecule has 0 spiro atoms. The van der Waals surface area contributed by atoms with Crippen LogP contribution in [0.1, 0.15) is 16.7 Å². The Bertz CT molecular complexity index is 1090. The number of nitriles is 1. The van der Waals surface area contributed by atoms with Crippen LogP contribution < -0.4 is 10.1 Å². The summed E-state index contributed by atoms with van der Waals surface area (Å²) in [5.74, 6) is 0.0639. The highest BCUT2D eigenvalue weighted by Gasteiger charge is 2.11. The average molecular weight is 403 g/mol. The number of carbonyl (C=O) groups excluding carboxylic acids is 1. The van der Waals surface area contributed by atoms with Crippen molar-refractivity contribution in [3.63, 3.8) is 0 Å². The molecule has 3 aromatic rings. The summed E-state index contributed by atoms with van der Waals surface area (Å²) in [5, 5.41) is 12.5. The molecular formula is C24H19ClN2O2. The first kappa shape index (κ1) is 20.2. The van der Waals surface area contributed by atoms with Crippen molar-refractivity contribution < 1.29 is 9.53 Å². The largest absolute Gasteiger partial charge is 0.487 e. The number of hydrogen-bond acceptors (Lipinski definition) is 3. The molecule has 5 heteroatoms. The van der Waals surface area contributed by atoms with Gasteiger partial charge in [-0.25, -0.2) is 0 Å². The van der Waals surface area contributed by atoms with Gasteiger partial charge in [-0.3, -0.25) is 4.79 Å². The molecular weight excluding hydrogens is 384 g/mol. The van der Waals surface area contributed by atoms with Crippen LogP contribution in [0.25, 0.3) is 6.08 Å². The van der Waals surface area contributed by atoms with Gasteiger partial charge < -0.3 is 10.1 Å². The van der Waals surface area contributed by atoms with Crippen LogP contribution in [-0.4, -0.2) is 5.91 Å². The van der Waals surface area contributed by atoms with Gasteiger partial charge in [-0.05, 0) is 54.0 Å². The van der Waals surface area contributed by atoms with E-state index in [0.717, 1.165) is 11.1 Å². The molecule has 3 rings (SSSR count). The molecule has 0 unspecified atom stereocenters. The van der Waals surface area contributed by atoms with E-state index in [9.17, 15) is 10.1 Å². The Morgan fingerprint density at radius 1 is 1.10 bits per heavy atom. The molecule has 1 amide bonds. The number of rotatable bonds is 6. The van der Waals surface area contributed by atoms with E-state index in [1.54, 1.807) is 24.3 Å². The van der Waals surface area contributed by atoms with Gasteiger partial charge in [-0.15, -0.1) is 0 Å². The third-order valence-corrected chi connectivity index (χ3v) is 4.44. The maximum absolute atomic E-state index is 12.4. The summed E-state index contributed by atoms with van der Waals surface area (Å²) in [6, 6.07) is 24.2. The second-order valence-corrected chi connectivity index (χ2v) is 6.86. The normalized spacial score (nSPS) is 10.9. The van der Waals surface area contributed by atoms with Gasteiger partial charge in [0.25, 0.3) is 5.91 Å². The SMILES string of the molecule is Cc1cccc(NC(=O)/C(C#N)=C/c2ccc(OCc3ccccc3)c(Cl)c2)c1. The van der Waals surface area contributed by atoms with Crippen molar-refractivity contribution in [3.8, 4) is 11.8 Å². The van der Waals surface area contributed by atoms with Gasteiger partial charge in [0.15, 0.2) is 0 Å². The lowest BCUT2D eigenvalue weighted by Crippen LogP contribution is -2.13. The number of nitrogens with zero attached hydrogens (tertiary/aromatic N) is 1. The van der Waals surface area contributed by atoms with E-state index in [1.165, 1.54) is 6.08 Å². The van der Waals surface area contributed by atoms with Gasteiger partial charge in [0.1, 0.15) is 24.0 Å². The fourth-order valence-corrected chi connectivity index (χ4v) is 2.94. The van der Waals surface area contributed by atoms with Crippen molar-refractivity contribution in [2.24, 2.45) is 0 Å². The zero-order valence-electron chi connectivity index (χ0n) is 15.9. The van der Waals surface area contributed by atoms with E-state index in [2.05, 4.69) is 5.32 Å². The summed E-state index contributed by atoms with van der Waals surface area (Å²) >= 11 is 6.31. The first-order chi connectivity index (χ1) is 14.0. The van der Waals surface area contributed by atoms with Crippen molar-refractivity contribution >= 4 is 29.3 Å². The Balaban J connectivity index is 1.71. The quantitative estimate of drug-likeness (QED) is 0.420. The number of hydrogen-bond donors (Lipinski definition) is 1. The van der Waals surface area contributed by atoms with Gasteiger partial charge in [-0.1, -0.05) is 60.1 Å². The fourth-order valence-electron chi connectivity index (χ4n) is 2.70. The van der Waals surface area contributed by atoms with Gasteiger partial charge in [0.05, 0.1) is 5.02 Å². The standard InChI is InChI=1S/C24H19ClN2O2/c1-17-6-5-9-21(12-17)27-24(28)20(15-26)13-19-10-11-23(22(25)14-19)29-16-18-7-3-2-4-8-18/h2-14H,16H2,1H3,(H,27,28)/b20-13+. The van der Waals surface area contributed by atoms with Gasteiger partial charge in [-0.2, -0.15) is 5.26 Å². The van der Waals surface area contributed by atoms with Crippen molar-refractivity contribution in [1.82, 2.24) is 0 Å². The number of benzene rings is 3. The molecule has 4 nitrogen and oxygen atoms in total. The topological polar surface area (TPSA) is 62.1 Å². The Kier molecular flexibility index (Phi) is 6.67. The summed E-state index contributed by atoms with van der Waals surface area (Å²) in [6.45, 7) is 2.33. The molecule has 0 aliphatic rings. The Morgan fingerprint density at radius 3 is 2.59 bits per heavy atom. The Labute approximate surface area is 175 Å². The molecule has 0 aliphatic carbocycles. The number of aryl methyl sites for hydroxylation is 1. The van der Waals surface area contributed by atoms with E-state index in [0.29, 0.717) is 28.6 Å². The second kappa shape index (κ2) is 9.59. The van der Waals surface area contributed by atoms with Crippen LogP contribution in [0.2, 0.25) is 5.02 Å². The molecule has 0 saturated carbocycles. The monoisotopic (exact) mass is 402 g/mol. The summed E-state index contributed by atoms with van der Waals surface area (Å²) < 4.78 is 5.75. The molecule has 0 radical (unpaired) electrons.